The number of hydrogen-bond acceptors (Lipinski definition) is 5. The number of hydrogen-bond donors (Lipinski definition) is 0. The third-order valence-electron chi connectivity index (χ3n) is 3.54. The summed E-state index contributed by atoms with van der Waals surface area (Å²) in [6.45, 7) is 3.96. The van der Waals surface area contributed by atoms with Crippen LogP contribution >= 0.6 is 11.8 Å². The highest BCUT2D eigenvalue weighted by Gasteiger charge is 2.34. The number of rotatable bonds is 4. The van der Waals surface area contributed by atoms with Crippen molar-refractivity contribution in [3.63, 3.8) is 0 Å². The molecular weight excluding hydrogens is 360 g/mol. The van der Waals surface area contributed by atoms with Gasteiger partial charge in [0.2, 0.25) is 0 Å². The van der Waals surface area contributed by atoms with Crippen molar-refractivity contribution in [1.82, 2.24) is 4.90 Å². The summed E-state index contributed by atoms with van der Waals surface area (Å²) in [6, 6.07) is 9.86. The Bertz CT molecular complexity index is 943. The average molecular weight is 376 g/mol. The van der Waals surface area contributed by atoms with E-state index in [4.69, 9.17) is 4.42 Å². The molecule has 1 amide bonds. The second-order valence-corrected chi connectivity index (χ2v) is 7.95. The molecule has 8 heteroatoms. The second-order valence-electron chi connectivity index (χ2n) is 5.34. The molecule has 0 spiro atoms. The van der Waals surface area contributed by atoms with Gasteiger partial charge in [0.15, 0.2) is 5.17 Å². The first-order valence-corrected chi connectivity index (χ1v) is 9.83. The molecular formula is C17H16N2O4S2. The number of amidine groups is 1. The van der Waals surface area contributed by atoms with Gasteiger partial charge in [-0.3, -0.25) is 9.69 Å². The van der Waals surface area contributed by atoms with Crippen LogP contribution in [0.15, 0.2) is 61.3 Å². The van der Waals surface area contributed by atoms with Crippen LogP contribution in [0.3, 0.4) is 0 Å². The summed E-state index contributed by atoms with van der Waals surface area (Å²) in [4.78, 5) is 14.3. The lowest BCUT2D eigenvalue weighted by molar-refractivity contribution is -0.122. The Kier molecular flexibility index (Phi) is 4.82. The van der Waals surface area contributed by atoms with Gasteiger partial charge in [0, 0.05) is 12.6 Å². The second kappa shape index (κ2) is 6.89. The molecule has 0 N–H and O–H groups in total. The molecule has 0 saturated carbocycles. The van der Waals surface area contributed by atoms with Crippen LogP contribution in [-0.2, 0) is 14.8 Å². The van der Waals surface area contributed by atoms with Crippen molar-refractivity contribution < 1.29 is 17.6 Å². The van der Waals surface area contributed by atoms with Gasteiger partial charge in [-0.25, -0.2) is 0 Å². The number of sulfonamides is 1. The Morgan fingerprint density at radius 1 is 1.24 bits per heavy atom. The van der Waals surface area contributed by atoms with Crippen molar-refractivity contribution in [2.75, 3.05) is 6.54 Å². The van der Waals surface area contributed by atoms with E-state index in [1.54, 1.807) is 37.3 Å². The molecule has 130 valence electrons. The van der Waals surface area contributed by atoms with Crippen LogP contribution in [0.5, 0.6) is 0 Å². The van der Waals surface area contributed by atoms with E-state index in [1.165, 1.54) is 23.3 Å². The molecule has 0 atom stereocenters. The number of aryl methyl sites for hydroxylation is 1. The number of furan rings is 1. The van der Waals surface area contributed by atoms with Crippen molar-refractivity contribution in [3.8, 4) is 0 Å². The van der Waals surface area contributed by atoms with Crippen LogP contribution < -0.4 is 0 Å². The molecule has 2 heterocycles. The van der Waals surface area contributed by atoms with E-state index in [0.29, 0.717) is 17.2 Å². The highest BCUT2D eigenvalue weighted by molar-refractivity contribution is 8.19. The Labute approximate surface area is 150 Å². The zero-order valence-corrected chi connectivity index (χ0v) is 15.3. The summed E-state index contributed by atoms with van der Waals surface area (Å²) < 4.78 is 34.1. The zero-order valence-electron chi connectivity index (χ0n) is 13.7. The highest BCUT2D eigenvalue weighted by Crippen LogP contribution is 2.33. The minimum atomic E-state index is -3.89. The summed E-state index contributed by atoms with van der Waals surface area (Å²) >= 11 is 1.02. The van der Waals surface area contributed by atoms with Gasteiger partial charge in [0.25, 0.3) is 15.9 Å². The first kappa shape index (κ1) is 17.5. The minimum Gasteiger partial charge on any atom is -0.465 e. The molecule has 1 aliphatic rings. The lowest BCUT2D eigenvalue weighted by Gasteiger charge is -2.11. The van der Waals surface area contributed by atoms with E-state index in [9.17, 15) is 13.2 Å². The van der Waals surface area contributed by atoms with Gasteiger partial charge in [-0.15, -0.1) is 4.40 Å². The van der Waals surface area contributed by atoms with Crippen molar-refractivity contribution in [3.05, 3.63) is 58.9 Å². The standard InChI is InChI=1S/C17H16N2O4S2/c1-3-19-16(20)15(11-13-5-4-10-23-13)24-17(19)18-25(21,22)14-8-6-12(2)7-9-14/h4-11H,3H2,1-2H3/b15-11+,18-17?. The maximum absolute atomic E-state index is 12.5. The van der Waals surface area contributed by atoms with E-state index < -0.39 is 10.0 Å². The van der Waals surface area contributed by atoms with Gasteiger partial charge in [-0.2, -0.15) is 8.42 Å². The largest absolute Gasteiger partial charge is 0.465 e. The average Bonchev–Trinajstić information content (AvgIpc) is 3.17. The fraction of sp³-hybridized carbons (Fsp3) is 0.176. The van der Waals surface area contributed by atoms with Gasteiger partial charge in [0.05, 0.1) is 16.1 Å². The zero-order chi connectivity index (χ0) is 18.0. The lowest BCUT2D eigenvalue weighted by Crippen LogP contribution is -2.29. The SMILES string of the molecule is CCN1C(=O)/C(=C\c2ccco2)SC1=NS(=O)(=O)c1ccc(C)cc1. The van der Waals surface area contributed by atoms with Gasteiger partial charge in [-0.1, -0.05) is 17.7 Å². The minimum absolute atomic E-state index is 0.0955. The molecule has 2 aromatic rings. The molecule has 0 bridgehead atoms. The number of amides is 1. The Hall–Kier alpha value is -2.32. The Morgan fingerprint density at radius 3 is 2.56 bits per heavy atom. The van der Waals surface area contributed by atoms with Crippen molar-refractivity contribution >= 4 is 38.9 Å². The monoisotopic (exact) mass is 376 g/mol. The number of likely N-dealkylation sites (N-methyl/N-ethyl adjacent to an activating group) is 1. The summed E-state index contributed by atoms with van der Waals surface area (Å²) in [5.74, 6) is 0.233. The molecule has 0 radical (unpaired) electrons. The predicted octanol–water partition coefficient (Wildman–Crippen LogP) is 3.27. The van der Waals surface area contributed by atoms with E-state index in [-0.39, 0.29) is 16.0 Å². The molecule has 1 saturated heterocycles. The molecule has 25 heavy (non-hydrogen) atoms. The van der Waals surface area contributed by atoms with Crippen molar-refractivity contribution in [2.24, 2.45) is 4.40 Å². The normalized spacial score (nSPS) is 18.5. The smallest absolute Gasteiger partial charge is 0.284 e. The van der Waals surface area contributed by atoms with Crippen LogP contribution in [0.25, 0.3) is 6.08 Å². The summed E-state index contributed by atoms with van der Waals surface area (Å²) in [5, 5.41) is 0.144. The number of nitrogens with zero attached hydrogens (tertiary/aromatic N) is 2. The van der Waals surface area contributed by atoms with Crippen molar-refractivity contribution in [1.29, 1.82) is 0 Å². The van der Waals surface area contributed by atoms with Crippen LogP contribution in [0, 0.1) is 6.92 Å². The first-order valence-electron chi connectivity index (χ1n) is 7.57. The molecule has 1 aromatic carbocycles. The van der Waals surface area contributed by atoms with Crippen LogP contribution in [-0.4, -0.2) is 30.9 Å². The summed E-state index contributed by atoms with van der Waals surface area (Å²) in [6.07, 6.45) is 3.08. The van der Waals surface area contributed by atoms with Crippen LogP contribution in [0.2, 0.25) is 0 Å². The molecule has 6 nitrogen and oxygen atoms in total. The fourth-order valence-electron chi connectivity index (χ4n) is 2.22. The Balaban J connectivity index is 1.96. The van der Waals surface area contributed by atoms with Gasteiger partial charge >= 0.3 is 0 Å². The summed E-state index contributed by atoms with van der Waals surface area (Å²) in [7, 11) is -3.89. The molecule has 1 aliphatic heterocycles. The molecule has 3 rings (SSSR count). The molecule has 0 unspecified atom stereocenters. The molecule has 1 aromatic heterocycles. The number of thioether (sulfide) groups is 1. The highest BCUT2D eigenvalue weighted by atomic mass is 32.2. The number of carbonyl (C=O) groups excluding carboxylic acids is 1. The predicted molar refractivity (Wildman–Crippen MR) is 97.5 cm³/mol. The quantitative estimate of drug-likeness (QED) is 0.765. The summed E-state index contributed by atoms with van der Waals surface area (Å²) in [5.41, 5.74) is 0.955. The maximum atomic E-state index is 12.5. The van der Waals surface area contributed by atoms with Gasteiger partial charge in [-0.05, 0) is 49.9 Å². The van der Waals surface area contributed by atoms with Gasteiger partial charge < -0.3 is 4.42 Å². The fourth-order valence-corrected chi connectivity index (χ4v) is 4.45. The van der Waals surface area contributed by atoms with Crippen LogP contribution in [0.4, 0.5) is 0 Å². The maximum Gasteiger partial charge on any atom is 0.284 e. The third kappa shape index (κ3) is 3.69. The number of benzene rings is 1. The van der Waals surface area contributed by atoms with Crippen LogP contribution in [0.1, 0.15) is 18.2 Å². The van der Waals surface area contributed by atoms with E-state index in [0.717, 1.165) is 17.3 Å². The Morgan fingerprint density at radius 2 is 1.96 bits per heavy atom. The molecule has 1 fully saturated rings. The lowest BCUT2D eigenvalue weighted by atomic mass is 10.2. The van der Waals surface area contributed by atoms with E-state index >= 15 is 0 Å². The van der Waals surface area contributed by atoms with E-state index in [2.05, 4.69) is 4.40 Å². The van der Waals surface area contributed by atoms with Gasteiger partial charge in [0.1, 0.15) is 5.76 Å². The first-order chi connectivity index (χ1) is 11.9. The number of carbonyl (C=O) groups is 1. The topological polar surface area (TPSA) is 80.0 Å². The van der Waals surface area contributed by atoms with Crippen molar-refractivity contribution in [2.45, 2.75) is 18.7 Å². The molecule has 0 aliphatic carbocycles. The van der Waals surface area contributed by atoms with E-state index in [1.807, 2.05) is 6.92 Å². The third-order valence-corrected chi connectivity index (χ3v) is 5.94.